The van der Waals surface area contributed by atoms with Gasteiger partial charge in [0.1, 0.15) is 17.7 Å². The highest BCUT2D eigenvalue weighted by atomic mass is 127. The lowest BCUT2D eigenvalue weighted by atomic mass is 10.1. The van der Waals surface area contributed by atoms with Crippen LogP contribution in [0.25, 0.3) is 6.08 Å². The molecule has 1 amide bonds. The zero-order chi connectivity index (χ0) is 21.4. The summed E-state index contributed by atoms with van der Waals surface area (Å²) < 4.78 is 11.7. The van der Waals surface area contributed by atoms with Crippen LogP contribution in [0.15, 0.2) is 35.9 Å². The van der Waals surface area contributed by atoms with Gasteiger partial charge in [0.25, 0.3) is 5.91 Å². The molecule has 148 valence electrons. The van der Waals surface area contributed by atoms with E-state index in [1.54, 1.807) is 24.3 Å². The Morgan fingerprint density at radius 1 is 1.21 bits per heavy atom. The number of carbonyl (C=O) groups is 1. The van der Waals surface area contributed by atoms with Crippen LogP contribution in [0.4, 0.5) is 5.69 Å². The molecule has 0 aromatic heterocycles. The Hall–Kier alpha value is -2.46. The van der Waals surface area contributed by atoms with Crippen molar-refractivity contribution in [1.29, 1.82) is 10.5 Å². The van der Waals surface area contributed by atoms with E-state index in [0.29, 0.717) is 37.9 Å². The molecule has 2 aromatic carbocycles. The quantitative estimate of drug-likeness (QED) is 0.286. The molecule has 0 fully saturated rings. The maximum Gasteiger partial charge on any atom is 0.266 e. The van der Waals surface area contributed by atoms with Crippen molar-refractivity contribution in [2.75, 3.05) is 18.5 Å². The zero-order valence-electron chi connectivity index (χ0n) is 15.1. The third-order valence-electron chi connectivity index (χ3n) is 3.47. The maximum atomic E-state index is 12.5. The number of halogens is 3. The van der Waals surface area contributed by atoms with Gasteiger partial charge in [-0.15, -0.1) is 0 Å². The van der Waals surface area contributed by atoms with Crippen molar-refractivity contribution in [2.24, 2.45) is 0 Å². The van der Waals surface area contributed by atoms with Crippen LogP contribution in [-0.4, -0.2) is 19.1 Å². The lowest BCUT2D eigenvalue weighted by Crippen LogP contribution is -2.13. The molecule has 1 N–H and O–H groups in total. The van der Waals surface area contributed by atoms with E-state index in [4.69, 9.17) is 37.9 Å². The van der Waals surface area contributed by atoms with Crippen molar-refractivity contribution in [3.05, 3.63) is 55.1 Å². The van der Waals surface area contributed by atoms with Crippen LogP contribution in [0.3, 0.4) is 0 Å². The van der Waals surface area contributed by atoms with E-state index >= 15 is 0 Å². The fourth-order valence-electron chi connectivity index (χ4n) is 2.27. The Morgan fingerprint density at radius 2 is 1.97 bits per heavy atom. The number of rotatable bonds is 7. The SMILES string of the molecule is CCOc1cc(/C=C(\C#N)C(=O)Nc2ccc(Cl)c(Cl)c2)cc(I)c1OCC#N. The number of anilines is 1. The summed E-state index contributed by atoms with van der Waals surface area (Å²) in [5, 5.41) is 21.4. The first-order chi connectivity index (χ1) is 13.9. The van der Waals surface area contributed by atoms with Gasteiger partial charge >= 0.3 is 0 Å². The van der Waals surface area contributed by atoms with E-state index in [2.05, 4.69) is 5.32 Å². The van der Waals surface area contributed by atoms with Gasteiger partial charge in [0, 0.05) is 5.69 Å². The summed E-state index contributed by atoms with van der Waals surface area (Å²) in [7, 11) is 0. The van der Waals surface area contributed by atoms with Gasteiger partial charge in [0.15, 0.2) is 18.1 Å². The fraction of sp³-hybridized carbons (Fsp3) is 0.150. The molecule has 6 nitrogen and oxygen atoms in total. The predicted octanol–water partition coefficient (Wildman–Crippen LogP) is 5.44. The molecule has 0 atom stereocenters. The standard InChI is InChI=1S/C20H14Cl2IN3O3/c1-2-28-18-9-12(8-17(23)19(18)29-6-5-24)7-13(11-25)20(27)26-14-3-4-15(21)16(22)10-14/h3-4,7-10H,2,6H2,1H3,(H,26,27)/b13-7+. The fourth-order valence-corrected chi connectivity index (χ4v) is 3.35. The van der Waals surface area contributed by atoms with Crippen LogP contribution in [0.1, 0.15) is 12.5 Å². The predicted molar refractivity (Wildman–Crippen MR) is 120 cm³/mol. The summed E-state index contributed by atoms with van der Waals surface area (Å²) in [5.74, 6) is 0.261. The number of amides is 1. The van der Waals surface area contributed by atoms with E-state index in [0.717, 1.165) is 0 Å². The van der Waals surface area contributed by atoms with Crippen molar-refractivity contribution in [1.82, 2.24) is 0 Å². The molecular weight excluding hydrogens is 528 g/mol. The highest BCUT2D eigenvalue weighted by Gasteiger charge is 2.15. The topological polar surface area (TPSA) is 95.1 Å². The molecular formula is C20H14Cl2IN3O3. The second-order valence-electron chi connectivity index (χ2n) is 5.46. The summed E-state index contributed by atoms with van der Waals surface area (Å²) in [6.07, 6.45) is 1.44. The minimum Gasteiger partial charge on any atom is -0.490 e. The number of carbonyl (C=O) groups excluding carboxylic acids is 1. The number of hydrogen-bond donors (Lipinski definition) is 1. The van der Waals surface area contributed by atoms with E-state index in [1.807, 2.05) is 41.7 Å². The summed E-state index contributed by atoms with van der Waals surface area (Å²) in [6.45, 7) is 2.07. The second-order valence-corrected chi connectivity index (χ2v) is 7.44. The average molecular weight is 542 g/mol. The Kier molecular flexibility index (Phi) is 8.59. The molecule has 0 aliphatic carbocycles. The molecule has 0 aliphatic rings. The Bertz CT molecular complexity index is 1040. The smallest absolute Gasteiger partial charge is 0.266 e. The molecule has 9 heteroatoms. The summed E-state index contributed by atoms with van der Waals surface area (Å²) in [4.78, 5) is 12.5. The minimum atomic E-state index is -0.594. The number of benzene rings is 2. The molecule has 0 saturated carbocycles. The van der Waals surface area contributed by atoms with Gasteiger partial charge in [-0.3, -0.25) is 4.79 Å². The van der Waals surface area contributed by atoms with Gasteiger partial charge in [-0.25, -0.2) is 0 Å². The van der Waals surface area contributed by atoms with Gasteiger partial charge in [-0.05, 0) is 71.5 Å². The summed E-state index contributed by atoms with van der Waals surface area (Å²) in [6, 6.07) is 11.8. The summed E-state index contributed by atoms with van der Waals surface area (Å²) >= 11 is 13.8. The first-order valence-electron chi connectivity index (χ1n) is 8.23. The third kappa shape index (κ3) is 6.26. The molecule has 0 spiro atoms. The number of hydrogen-bond acceptors (Lipinski definition) is 5. The molecule has 0 aliphatic heterocycles. The van der Waals surface area contributed by atoms with Crippen LogP contribution in [0.5, 0.6) is 11.5 Å². The lowest BCUT2D eigenvalue weighted by molar-refractivity contribution is -0.112. The molecule has 0 heterocycles. The maximum absolute atomic E-state index is 12.5. The van der Waals surface area contributed by atoms with Crippen molar-refractivity contribution in [3.63, 3.8) is 0 Å². The molecule has 0 unspecified atom stereocenters. The monoisotopic (exact) mass is 541 g/mol. The Labute approximate surface area is 191 Å². The summed E-state index contributed by atoms with van der Waals surface area (Å²) in [5.41, 5.74) is 0.874. The van der Waals surface area contributed by atoms with Gasteiger partial charge in [0.2, 0.25) is 0 Å². The zero-order valence-corrected chi connectivity index (χ0v) is 18.8. The molecule has 0 bridgehead atoms. The van der Waals surface area contributed by atoms with Crippen LogP contribution in [0, 0.1) is 26.2 Å². The van der Waals surface area contributed by atoms with E-state index in [1.165, 1.54) is 12.1 Å². The van der Waals surface area contributed by atoms with Crippen LogP contribution >= 0.6 is 45.8 Å². The Morgan fingerprint density at radius 3 is 2.59 bits per heavy atom. The molecule has 0 saturated heterocycles. The van der Waals surface area contributed by atoms with E-state index in [9.17, 15) is 10.1 Å². The molecule has 2 aromatic rings. The average Bonchev–Trinajstić information content (AvgIpc) is 2.68. The molecule has 29 heavy (non-hydrogen) atoms. The second kappa shape index (κ2) is 10.9. The highest BCUT2D eigenvalue weighted by Crippen LogP contribution is 2.35. The van der Waals surface area contributed by atoms with Crippen molar-refractivity contribution >= 4 is 63.5 Å². The normalized spacial score (nSPS) is 10.6. The van der Waals surface area contributed by atoms with Gasteiger partial charge in [-0.2, -0.15) is 10.5 Å². The largest absolute Gasteiger partial charge is 0.490 e. The highest BCUT2D eigenvalue weighted by molar-refractivity contribution is 14.1. The first-order valence-corrected chi connectivity index (χ1v) is 10.1. The minimum absolute atomic E-state index is 0.111. The molecule has 0 radical (unpaired) electrons. The first kappa shape index (κ1) is 22.8. The van der Waals surface area contributed by atoms with Gasteiger partial charge < -0.3 is 14.8 Å². The number of nitrogens with zero attached hydrogens (tertiary/aromatic N) is 2. The number of ether oxygens (including phenoxy) is 2. The third-order valence-corrected chi connectivity index (χ3v) is 5.01. The lowest BCUT2D eigenvalue weighted by Gasteiger charge is -2.13. The Balaban J connectivity index is 2.33. The van der Waals surface area contributed by atoms with Crippen LogP contribution in [-0.2, 0) is 4.79 Å². The van der Waals surface area contributed by atoms with Crippen molar-refractivity contribution in [2.45, 2.75) is 6.92 Å². The molecule has 2 rings (SSSR count). The van der Waals surface area contributed by atoms with E-state index < -0.39 is 5.91 Å². The number of nitrogens with one attached hydrogen (secondary N) is 1. The van der Waals surface area contributed by atoms with Gasteiger partial charge in [-0.1, -0.05) is 23.2 Å². The van der Waals surface area contributed by atoms with E-state index in [-0.39, 0.29) is 17.2 Å². The van der Waals surface area contributed by atoms with Crippen molar-refractivity contribution < 1.29 is 14.3 Å². The van der Waals surface area contributed by atoms with Crippen LogP contribution in [0.2, 0.25) is 10.0 Å². The number of nitriles is 2. The van der Waals surface area contributed by atoms with Crippen LogP contribution < -0.4 is 14.8 Å². The van der Waals surface area contributed by atoms with Crippen molar-refractivity contribution in [3.8, 4) is 23.6 Å². The van der Waals surface area contributed by atoms with Gasteiger partial charge in [0.05, 0.1) is 20.2 Å².